The van der Waals surface area contributed by atoms with Crippen LogP contribution in [0.4, 0.5) is 0 Å². The predicted octanol–water partition coefficient (Wildman–Crippen LogP) is 3.10. The van der Waals surface area contributed by atoms with Crippen LogP contribution in [0.3, 0.4) is 0 Å². The van der Waals surface area contributed by atoms with Crippen LogP contribution < -0.4 is 5.32 Å². The van der Waals surface area contributed by atoms with Gasteiger partial charge in [0.15, 0.2) is 0 Å². The maximum Gasteiger partial charge on any atom is 0.0937 e. The molecule has 0 bridgehead atoms. The van der Waals surface area contributed by atoms with Crippen LogP contribution >= 0.6 is 11.3 Å². The molecule has 0 aliphatic carbocycles. The highest BCUT2D eigenvalue weighted by Gasteiger charge is 2.03. The standard InChI is InChI=1S/C12H22N2S/c1-10(2)4-5-11(3)13-7-6-12-14-8-9-15-12/h8-11,13H,4-7H2,1-3H3. The first-order chi connectivity index (χ1) is 7.18. The molecule has 1 heterocycles. The summed E-state index contributed by atoms with van der Waals surface area (Å²) in [4.78, 5) is 4.27. The number of hydrogen-bond donors (Lipinski definition) is 1. The van der Waals surface area contributed by atoms with Crippen LogP contribution in [-0.2, 0) is 6.42 Å². The lowest BCUT2D eigenvalue weighted by Crippen LogP contribution is -2.28. The van der Waals surface area contributed by atoms with Crippen LogP contribution in [0.2, 0.25) is 0 Å². The molecule has 3 heteroatoms. The lowest BCUT2D eigenvalue weighted by atomic mass is 10.0. The molecule has 1 atom stereocenters. The Bertz CT molecular complexity index is 244. The molecule has 1 unspecified atom stereocenters. The maximum atomic E-state index is 4.27. The van der Waals surface area contributed by atoms with E-state index in [9.17, 15) is 0 Å². The fourth-order valence-electron chi connectivity index (χ4n) is 1.49. The summed E-state index contributed by atoms with van der Waals surface area (Å²) < 4.78 is 0. The van der Waals surface area contributed by atoms with Crippen LogP contribution in [0.15, 0.2) is 11.6 Å². The fraction of sp³-hybridized carbons (Fsp3) is 0.750. The summed E-state index contributed by atoms with van der Waals surface area (Å²) in [6.07, 6.45) is 5.52. The molecule has 1 rings (SSSR count). The van der Waals surface area contributed by atoms with E-state index in [1.807, 2.05) is 11.6 Å². The van der Waals surface area contributed by atoms with Gasteiger partial charge in [0, 0.05) is 30.6 Å². The number of hydrogen-bond acceptors (Lipinski definition) is 3. The number of rotatable bonds is 7. The minimum absolute atomic E-state index is 0.632. The predicted molar refractivity (Wildman–Crippen MR) is 67.4 cm³/mol. The van der Waals surface area contributed by atoms with Crippen LogP contribution in [0, 0.1) is 5.92 Å². The van der Waals surface area contributed by atoms with E-state index < -0.39 is 0 Å². The Morgan fingerprint density at radius 3 is 2.73 bits per heavy atom. The third kappa shape index (κ3) is 5.90. The van der Waals surface area contributed by atoms with Crippen molar-refractivity contribution in [3.63, 3.8) is 0 Å². The molecule has 0 spiro atoms. The smallest absolute Gasteiger partial charge is 0.0937 e. The van der Waals surface area contributed by atoms with E-state index in [0.717, 1.165) is 18.9 Å². The second-order valence-electron chi connectivity index (χ2n) is 4.50. The van der Waals surface area contributed by atoms with E-state index in [4.69, 9.17) is 0 Å². The van der Waals surface area contributed by atoms with Crippen molar-refractivity contribution in [1.82, 2.24) is 10.3 Å². The van der Waals surface area contributed by atoms with Crippen molar-refractivity contribution in [2.24, 2.45) is 5.92 Å². The van der Waals surface area contributed by atoms with Gasteiger partial charge in [-0.15, -0.1) is 11.3 Å². The summed E-state index contributed by atoms with van der Waals surface area (Å²) in [6, 6.07) is 0.632. The first-order valence-corrected chi connectivity index (χ1v) is 6.68. The Morgan fingerprint density at radius 2 is 2.13 bits per heavy atom. The second-order valence-corrected chi connectivity index (χ2v) is 5.48. The van der Waals surface area contributed by atoms with Crippen LogP contribution in [-0.4, -0.2) is 17.6 Å². The maximum absolute atomic E-state index is 4.27. The third-order valence-corrected chi connectivity index (χ3v) is 3.33. The van der Waals surface area contributed by atoms with Crippen molar-refractivity contribution >= 4 is 11.3 Å². The molecular formula is C12H22N2S. The number of thiazole rings is 1. The molecule has 86 valence electrons. The van der Waals surface area contributed by atoms with Crippen molar-refractivity contribution in [2.75, 3.05) is 6.54 Å². The van der Waals surface area contributed by atoms with Gasteiger partial charge >= 0.3 is 0 Å². The van der Waals surface area contributed by atoms with Crippen LogP contribution in [0.5, 0.6) is 0 Å². The summed E-state index contributed by atoms with van der Waals surface area (Å²) in [7, 11) is 0. The summed E-state index contributed by atoms with van der Waals surface area (Å²) in [5.41, 5.74) is 0. The van der Waals surface area contributed by atoms with Gasteiger partial charge < -0.3 is 5.32 Å². The number of nitrogens with zero attached hydrogens (tertiary/aromatic N) is 1. The minimum Gasteiger partial charge on any atom is -0.314 e. The monoisotopic (exact) mass is 226 g/mol. The molecule has 1 aromatic heterocycles. The van der Waals surface area contributed by atoms with E-state index in [2.05, 4.69) is 31.1 Å². The zero-order valence-corrected chi connectivity index (χ0v) is 10.8. The molecule has 0 saturated carbocycles. The Hall–Kier alpha value is -0.410. The topological polar surface area (TPSA) is 24.9 Å². The minimum atomic E-state index is 0.632. The highest BCUT2D eigenvalue weighted by molar-refractivity contribution is 7.09. The SMILES string of the molecule is CC(C)CCC(C)NCCc1nccs1. The van der Waals surface area contributed by atoms with Crippen molar-refractivity contribution in [3.05, 3.63) is 16.6 Å². The van der Waals surface area contributed by atoms with Crippen molar-refractivity contribution in [1.29, 1.82) is 0 Å². The first kappa shape index (κ1) is 12.7. The molecule has 0 saturated heterocycles. The second kappa shape index (κ2) is 6.96. The van der Waals surface area contributed by atoms with Crippen molar-refractivity contribution < 1.29 is 0 Å². The van der Waals surface area contributed by atoms with Crippen LogP contribution in [0.1, 0.15) is 38.6 Å². The van der Waals surface area contributed by atoms with Gasteiger partial charge in [-0.05, 0) is 25.7 Å². The molecular weight excluding hydrogens is 204 g/mol. The molecule has 1 N–H and O–H groups in total. The molecule has 0 radical (unpaired) electrons. The van der Waals surface area contributed by atoms with E-state index in [-0.39, 0.29) is 0 Å². The molecule has 0 amide bonds. The molecule has 0 aromatic carbocycles. The fourth-order valence-corrected chi connectivity index (χ4v) is 2.11. The molecule has 0 aliphatic heterocycles. The highest BCUT2D eigenvalue weighted by atomic mass is 32.1. The van der Waals surface area contributed by atoms with Gasteiger partial charge in [0.2, 0.25) is 0 Å². The molecule has 1 aromatic rings. The van der Waals surface area contributed by atoms with Crippen molar-refractivity contribution in [2.45, 2.75) is 46.1 Å². The van der Waals surface area contributed by atoms with Gasteiger partial charge in [-0.25, -0.2) is 4.98 Å². The summed E-state index contributed by atoms with van der Waals surface area (Å²) in [5.74, 6) is 0.813. The Labute approximate surface area is 97.1 Å². The Morgan fingerprint density at radius 1 is 1.33 bits per heavy atom. The number of aromatic nitrogens is 1. The van der Waals surface area contributed by atoms with E-state index in [1.165, 1.54) is 17.8 Å². The number of nitrogens with one attached hydrogen (secondary N) is 1. The average molecular weight is 226 g/mol. The van der Waals surface area contributed by atoms with E-state index >= 15 is 0 Å². The Balaban J connectivity index is 2.04. The lowest BCUT2D eigenvalue weighted by Gasteiger charge is -2.14. The Kier molecular flexibility index (Phi) is 5.88. The lowest BCUT2D eigenvalue weighted by molar-refractivity contribution is 0.453. The molecule has 0 fully saturated rings. The highest BCUT2D eigenvalue weighted by Crippen LogP contribution is 2.07. The first-order valence-electron chi connectivity index (χ1n) is 5.80. The van der Waals surface area contributed by atoms with Gasteiger partial charge in [-0.3, -0.25) is 0 Å². The van der Waals surface area contributed by atoms with Gasteiger partial charge in [0.25, 0.3) is 0 Å². The van der Waals surface area contributed by atoms with E-state index in [1.54, 1.807) is 11.3 Å². The van der Waals surface area contributed by atoms with Gasteiger partial charge in [0.05, 0.1) is 5.01 Å². The normalized spacial score (nSPS) is 13.3. The molecule has 2 nitrogen and oxygen atoms in total. The van der Waals surface area contributed by atoms with Gasteiger partial charge in [-0.1, -0.05) is 13.8 Å². The van der Waals surface area contributed by atoms with Crippen LogP contribution in [0.25, 0.3) is 0 Å². The quantitative estimate of drug-likeness (QED) is 0.773. The largest absolute Gasteiger partial charge is 0.314 e. The average Bonchev–Trinajstić information content (AvgIpc) is 2.67. The molecule has 0 aliphatic rings. The molecule has 15 heavy (non-hydrogen) atoms. The summed E-state index contributed by atoms with van der Waals surface area (Å²) in [6.45, 7) is 7.88. The van der Waals surface area contributed by atoms with Gasteiger partial charge in [0.1, 0.15) is 0 Å². The summed E-state index contributed by atoms with van der Waals surface area (Å²) >= 11 is 1.74. The van der Waals surface area contributed by atoms with Crippen molar-refractivity contribution in [3.8, 4) is 0 Å². The van der Waals surface area contributed by atoms with Gasteiger partial charge in [-0.2, -0.15) is 0 Å². The summed E-state index contributed by atoms with van der Waals surface area (Å²) in [5, 5.41) is 6.82. The third-order valence-electron chi connectivity index (χ3n) is 2.49. The zero-order chi connectivity index (χ0) is 11.1. The van der Waals surface area contributed by atoms with E-state index in [0.29, 0.717) is 6.04 Å². The zero-order valence-electron chi connectivity index (χ0n) is 9.99.